The zero-order valence-electron chi connectivity index (χ0n) is 10.8. The lowest BCUT2D eigenvalue weighted by molar-refractivity contribution is -0.133. The van der Waals surface area contributed by atoms with Gasteiger partial charge in [-0.3, -0.25) is 9.59 Å². The van der Waals surface area contributed by atoms with Crippen molar-refractivity contribution in [3.05, 3.63) is 30.3 Å². The number of aldehydes is 1. The molecule has 1 aromatic rings. The van der Waals surface area contributed by atoms with Crippen LogP contribution in [0.15, 0.2) is 30.3 Å². The molecule has 2 amide bonds. The number of hydrogen-bond acceptors (Lipinski definition) is 5. The molecule has 0 radical (unpaired) electrons. The number of thioether (sulfide) groups is 1. The normalized spacial score (nSPS) is 16.9. The molecule has 1 aliphatic rings. The van der Waals surface area contributed by atoms with Crippen LogP contribution in [-0.4, -0.2) is 47.3 Å². The fourth-order valence-corrected chi connectivity index (χ4v) is 2.74. The van der Waals surface area contributed by atoms with E-state index in [9.17, 15) is 14.4 Å². The Morgan fingerprint density at radius 3 is 2.55 bits per heavy atom. The Morgan fingerprint density at radius 2 is 2.00 bits per heavy atom. The summed E-state index contributed by atoms with van der Waals surface area (Å²) in [5.74, 6) is -0.189. The molecule has 106 valence electrons. The van der Waals surface area contributed by atoms with E-state index >= 15 is 0 Å². The molecule has 6 nitrogen and oxygen atoms in total. The first-order valence-corrected chi connectivity index (χ1v) is 7.00. The first-order valence-electron chi connectivity index (χ1n) is 6.12. The van der Waals surface area contributed by atoms with Crippen molar-refractivity contribution in [3.8, 4) is 0 Å². The Labute approximate surface area is 120 Å². The van der Waals surface area contributed by atoms with Gasteiger partial charge in [0.2, 0.25) is 5.91 Å². The second kappa shape index (κ2) is 6.42. The van der Waals surface area contributed by atoms with Crippen LogP contribution in [0.2, 0.25) is 0 Å². The van der Waals surface area contributed by atoms with E-state index in [0.717, 1.165) is 5.69 Å². The Morgan fingerprint density at radius 1 is 1.30 bits per heavy atom. The van der Waals surface area contributed by atoms with Crippen LogP contribution >= 0.6 is 11.8 Å². The number of rotatable bonds is 4. The molecule has 1 heterocycles. The van der Waals surface area contributed by atoms with Gasteiger partial charge in [-0.2, -0.15) is 0 Å². The highest BCUT2D eigenvalue weighted by molar-refractivity contribution is 8.14. The van der Waals surface area contributed by atoms with E-state index in [0.29, 0.717) is 31.1 Å². The van der Waals surface area contributed by atoms with Gasteiger partial charge < -0.3 is 20.3 Å². The first-order chi connectivity index (χ1) is 9.61. The lowest BCUT2D eigenvalue weighted by Gasteiger charge is -2.37. The number of carbonyl (C=O) groups excluding carboxylic acids is 3. The van der Waals surface area contributed by atoms with Crippen LogP contribution in [-0.2, 0) is 9.59 Å². The number of para-hydroxylation sites is 1. The van der Waals surface area contributed by atoms with Crippen LogP contribution in [0.25, 0.3) is 0 Å². The van der Waals surface area contributed by atoms with E-state index in [4.69, 9.17) is 5.73 Å². The predicted octanol–water partition coefficient (Wildman–Crippen LogP) is 0.672. The quantitative estimate of drug-likeness (QED) is 0.825. The lowest BCUT2D eigenvalue weighted by atomic mass is 10.2. The maximum atomic E-state index is 12.1. The molecule has 1 atom stereocenters. The molecule has 1 aliphatic heterocycles. The van der Waals surface area contributed by atoms with Gasteiger partial charge >= 0.3 is 0 Å². The monoisotopic (exact) mass is 293 g/mol. The van der Waals surface area contributed by atoms with E-state index < -0.39 is 10.6 Å². The van der Waals surface area contributed by atoms with Gasteiger partial charge in [0.15, 0.2) is 6.29 Å². The average molecular weight is 293 g/mol. The van der Waals surface area contributed by atoms with Gasteiger partial charge in [0.1, 0.15) is 5.37 Å². The zero-order chi connectivity index (χ0) is 14.5. The van der Waals surface area contributed by atoms with Crippen molar-refractivity contribution in [1.29, 1.82) is 0 Å². The number of benzene rings is 1. The predicted molar refractivity (Wildman–Crippen MR) is 77.4 cm³/mol. The van der Waals surface area contributed by atoms with Gasteiger partial charge in [-0.15, -0.1) is 0 Å². The maximum Gasteiger partial charge on any atom is 0.278 e. The van der Waals surface area contributed by atoms with Crippen molar-refractivity contribution in [1.82, 2.24) is 4.90 Å². The summed E-state index contributed by atoms with van der Waals surface area (Å²) in [6.45, 7) is 1.19. The third kappa shape index (κ3) is 3.30. The fourth-order valence-electron chi connectivity index (χ4n) is 2.10. The molecule has 0 aliphatic carbocycles. The molecule has 0 saturated carbocycles. The molecule has 0 aromatic heterocycles. The average Bonchev–Trinajstić information content (AvgIpc) is 2.45. The van der Waals surface area contributed by atoms with Crippen molar-refractivity contribution in [2.24, 2.45) is 5.73 Å². The summed E-state index contributed by atoms with van der Waals surface area (Å²) in [5.41, 5.74) is 6.02. The van der Waals surface area contributed by atoms with E-state index in [1.54, 1.807) is 0 Å². The molecule has 1 saturated heterocycles. The third-order valence-corrected chi connectivity index (χ3v) is 3.88. The molecule has 7 heteroatoms. The summed E-state index contributed by atoms with van der Waals surface area (Å²) in [5, 5.41) is -1.50. The molecule has 0 spiro atoms. The van der Waals surface area contributed by atoms with Crippen molar-refractivity contribution >= 4 is 34.9 Å². The lowest BCUT2D eigenvalue weighted by Crippen LogP contribution is -2.54. The van der Waals surface area contributed by atoms with E-state index in [-0.39, 0.29) is 12.5 Å². The fraction of sp³-hybridized carbons (Fsp3) is 0.308. The molecular weight excluding hydrogens is 278 g/mol. The molecular formula is C13H15N3O3S. The zero-order valence-corrected chi connectivity index (χ0v) is 11.6. The Kier molecular flexibility index (Phi) is 4.62. The molecule has 0 bridgehead atoms. The molecule has 1 unspecified atom stereocenters. The number of piperazine rings is 1. The van der Waals surface area contributed by atoms with Crippen molar-refractivity contribution in [3.63, 3.8) is 0 Å². The highest BCUT2D eigenvalue weighted by atomic mass is 32.2. The van der Waals surface area contributed by atoms with Crippen molar-refractivity contribution in [2.75, 3.05) is 24.5 Å². The minimum atomic E-state index is -0.835. The van der Waals surface area contributed by atoms with Crippen LogP contribution in [0.3, 0.4) is 0 Å². The first kappa shape index (κ1) is 14.4. The number of nitrogens with two attached hydrogens (primary N) is 1. The topological polar surface area (TPSA) is 83.7 Å². The number of anilines is 1. The van der Waals surface area contributed by atoms with Crippen LogP contribution in [0.5, 0.6) is 0 Å². The highest BCUT2D eigenvalue weighted by Crippen LogP contribution is 2.20. The van der Waals surface area contributed by atoms with Crippen LogP contribution in [0.4, 0.5) is 10.5 Å². The molecule has 2 N–H and O–H groups in total. The van der Waals surface area contributed by atoms with Gasteiger partial charge in [-0.1, -0.05) is 18.2 Å². The second-order valence-electron chi connectivity index (χ2n) is 4.31. The Bertz CT molecular complexity index is 509. The van der Waals surface area contributed by atoms with Gasteiger partial charge in [-0.25, -0.2) is 0 Å². The smallest absolute Gasteiger partial charge is 0.278 e. The summed E-state index contributed by atoms with van der Waals surface area (Å²) in [6, 6.07) is 9.58. The minimum absolute atomic E-state index is 0.188. The largest absolute Gasteiger partial charge is 0.360 e. The standard InChI is InChI=1S/C13H15N3O3S/c14-13(19)20-12(9-17)16-7-6-15(8-11(16)18)10-4-2-1-3-5-10/h1-5,9,12H,6-8H2,(H2,14,19). The van der Waals surface area contributed by atoms with Crippen molar-refractivity contribution < 1.29 is 14.4 Å². The van der Waals surface area contributed by atoms with Crippen molar-refractivity contribution in [2.45, 2.75) is 5.37 Å². The highest BCUT2D eigenvalue weighted by Gasteiger charge is 2.30. The maximum absolute atomic E-state index is 12.1. The van der Waals surface area contributed by atoms with Gasteiger partial charge in [-0.05, 0) is 23.9 Å². The summed E-state index contributed by atoms with van der Waals surface area (Å²) < 4.78 is 0. The van der Waals surface area contributed by atoms with Gasteiger partial charge in [0.25, 0.3) is 5.24 Å². The molecule has 1 aromatic carbocycles. The number of nitrogens with zero attached hydrogens (tertiary/aromatic N) is 2. The Balaban J connectivity index is 2.04. The number of amides is 2. The summed E-state index contributed by atoms with van der Waals surface area (Å²) in [4.78, 5) is 37.3. The summed E-state index contributed by atoms with van der Waals surface area (Å²) >= 11 is 0.664. The molecule has 2 rings (SSSR count). The minimum Gasteiger partial charge on any atom is -0.360 e. The van der Waals surface area contributed by atoms with E-state index in [1.807, 2.05) is 35.2 Å². The second-order valence-corrected chi connectivity index (χ2v) is 5.43. The van der Waals surface area contributed by atoms with Crippen LogP contribution in [0, 0.1) is 0 Å². The molecule has 20 heavy (non-hydrogen) atoms. The number of hydrogen-bond donors (Lipinski definition) is 1. The van der Waals surface area contributed by atoms with Crippen LogP contribution < -0.4 is 10.6 Å². The molecule has 1 fully saturated rings. The van der Waals surface area contributed by atoms with Gasteiger partial charge in [0, 0.05) is 18.8 Å². The van der Waals surface area contributed by atoms with Gasteiger partial charge in [0.05, 0.1) is 6.54 Å². The van der Waals surface area contributed by atoms with Crippen LogP contribution in [0.1, 0.15) is 0 Å². The van der Waals surface area contributed by atoms with E-state index in [2.05, 4.69) is 0 Å². The number of primary amides is 1. The SMILES string of the molecule is NC(=O)SC(C=O)N1CCN(c2ccccc2)CC1=O. The third-order valence-electron chi connectivity index (χ3n) is 3.04. The summed E-state index contributed by atoms with van der Waals surface area (Å²) in [6.07, 6.45) is 0.575. The number of carbonyl (C=O) groups is 3. The summed E-state index contributed by atoms with van der Waals surface area (Å²) in [7, 11) is 0. The Hall–Kier alpha value is -2.02. The van der Waals surface area contributed by atoms with E-state index in [1.165, 1.54) is 4.90 Å².